The lowest BCUT2D eigenvalue weighted by atomic mass is 10.0. The lowest BCUT2D eigenvalue weighted by Gasteiger charge is -2.38. The molecule has 2 heterocycles. The van der Waals surface area contributed by atoms with E-state index in [-0.39, 0.29) is 30.6 Å². The molecule has 0 aromatic heterocycles. The number of carbonyl (C=O) groups is 2. The minimum Gasteiger partial charge on any atom is -0.480 e. The zero-order valence-corrected chi connectivity index (χ0v) is 24.4. The normalized spacial score (nSPS) is 23.5. The first-order valence-corrected chi connectivity index (χ1v) is 15.3. The van der Waals surface area contributed by atoms with Crippen molar-refractivity contribution < 1.29 is 23.8 Å². The average molecular weight is 568 g/mol. The van der Waals surface area contributed by atoms with E-state index in [1.807, 2.05) is 41.3 Å². The summed E-state index contributed by atoms with van der Waals surface area (Å²) in [5.41, 5.74) is 0.782. The smallest absolute Gasteiger partial charge is 0.410 e. The summed E-state index contributed by atoms with van der Waals surface area (Å²) in [6, 6.07) is 18.4. The monoisotopic (exact) mass is 567 g/mol. The van der Waals surface area contributed by atoms with Crippen molar-refractivity contribution in [1.29, 1.82) is 0 Å². The van der Waals surface area contributed by atoms with Crippen molar-refractivity contribution in [3.05, 3.63) is 72.0 Å². The second-order valence-corrected chi connectivity index (χ2v) is 11.6. The Bertz CT molecular complexity index is 1040. The summed E-state index contributed by atoms with van der Waals surface area (Å²) in [4.78, 5) is 31.1. The van der Waals surface area contributed by atoms with Crippen LogP contribution in [0.2, 0.25) is 0 Å². The van der Waals surface area contributed by atoms with Crippen LogP contribution >= 0.6 is 0 Å². The van der Waals surface area contributed by atoms with Gasteiger partial charge in [-0.3, -0.25) is 9.69 Å². The SMILES string of the molecule is CCCN(C(=O)OCc1ccc(F)cc1)C1CCN(C[C@@H]2CCC(N3CCCC3C(=O)O)C2)CC1.c1ccccc1. The third kappa shape index (κ3) is 9.27. The van der Waals surface area contributed by atoms with Crippen LogP contribution in [0.15, 0.2) is 60.7 Å². The number of carbonyl (C=O) groups excluding carboxylic acids is 1. The van der Waals surface area contributed by atoms with E-state index in [1.54, 1.807) is 12.1 Å². The fraction of sp³-hybridized carbons (Fsp3) is 0.576. The summed E-state index contributed by atoms with van der Waals surface area (Å²) >= 11 is 0. The predicted molar refractivity (Wildman–Crippen MR) is 158 cm³/mol. The molecule has 1 aliphatic carbocycles. The van der Waals surface area contributed by atoms with Gasteiger partial charge in [0.1, 0.15) is 18.5 Å². The molecule has 8 heteroatoms. The molecule has 224 valence electrons. The summed E-state index contributed by atoms with van der Waals surface area (Å²) in [6.45, 7) is 6.83. The Morgan fingerprint density at radius 1 is 0.951 bits per heavy atom. The van der Waals surface area contributed by atoms with Gasteiger partial charge >= 0.3 is 12.1 Å². The molecule has 2 aromatic rings. The number of likely N-dealkylation sites (tertiary alicyclic amines) is 2. The van der Waals surface area contributed by atoms with E-state index < -0.39 is 5.97 Å². The molecule has 1 amide bonds. The van der Waals surface area contributed by atoms with E-state index in [4.69, 9.17) is 4.74 Å². The van der Waals surface area contributed by atoms with Crippen molar-refractivity contribution in [3.63, 3.8) is 0 Å². The first-order chi connectivity index (χ1) is 19.9. The highest BCUT2D eigenvalue weighted by Gasteiger charge is 2.39. The summed E-state index contributed by atoms with van der Waals surface area (Å²) in [6.07, 6.45) is 7.62. The second-order valence-electron chi connectivity index (χ2n) is 11.6. The first kappa shape index (κ1) is 31.0. The molecule has 2 aliphatic heterocycles. The number of ether oxygens (including phenoxy) is 1. The molecule has 1 saturated carbocycles. The molecule has 7 nitrogen and oxygen atoms in total. The van der Waals surface area contributed by atoms with Crippen molar-refractivity contribution in [1.82, 2.24) is 14.7 Å². The number of hydrogen-bond donors (Lipinski definition) is 1. The van der Waals surface area contributed by atoms with Crippen LogP contribution in [0.4, 0.5) is 9.18 Å². The second kappa shape index (κ2) is 15.9. The molecule has 5 rings (SSSR count). The zero-order chi connectivity index (χ0) is 29.0. The molecule has 3 atom stereocenters. The Morgan fingerprint density at radius 3 is 2.22 bits per heavy atom. The largest absolute Gasteiger partial charge is 0.480 e. The van der Waals surface area contributed by atoms with Gasteiger partial charge in [0.2, 0.25) is 0 Å². The van der Waals surface area contributed by atoms with Crippen LogP contribution in [0.3, 0.4) is 0 Å². The Balaban J connectivity index is 0.000000572. The number of nitrogens with zero attached hydrogens (tertiary/aromatic N) is 3. The number of hydrogen-bond acceptors (Lipinski definition) is 5. The van der Waals surface area contributed by atoms with Gasteiger partial charge < -0.3 is 19.6 Å². The lowest BCUT2D eigenvalue weighted by molar-refractivity contribution is -0.142. The topological polar surface area (TPSA) is 73.3 Å². The summed E-state index contributed by atoms with van der Waals surface area (Å²) in [5.74, 6) is -0.340. The Hall–Kier alpha value is -2.97. The van der Waals surface area contributed by atoms with E-state index in [9.17, 15) is 19.1 Å². The van der Waals surface area contributed by atoms with Gasteiger partial charge in [-0.25, -0.2) is 9.18 Å². The zero-order valence-electron chi connectivity index (χ0n) is 24.4. The van der Waals surface area contributed by atoms with Gasteiger partial charge in [0.25, 0.3) is 0 Å². The Kier molecular flexibility index (Phi) is 12.0. The molecule has 0 radical (unpaired) electrons. The van der Waals surface area contributed by atoms with Gasteiger partial charge in [-0.1, -0.05) is 55.5 Å². The van der Waals surface area contributed by atoms with Crippen LogP contribution in [0.25, 0.3) is 0 Å². The van der Waals surface area contributed by atoms with Crippen molar-refractivity contribution in [2.75, 3.05) is 32.7 Å². The molecule has 41 heavy (non-hydrogen) atoms. The fourth-order valence-corrected chi connectivity index (χ4v) is 6.64. The summed E-state index contributed by atoms with van der Waals surface area (Å²) < 4.78 is 18.7. The molecular formula is C33H46FN3O4. The molecule has 2 unspecified atom stereocenters. The quantitative estimate of drug-likeness (QED) is 0.398. The van der Waals surface area contributed by atoms with E-state index in [0.29, 0.717) is 18.5 Å². The maximum atomic E-state index is 13.1. The number of benzene rings is 2. The first-order valence-electron chi connectivity index (χ1n) is 15.3. The summed E-state index contributed by atoms with van der Waals surface area (Å²) in [7, 11) is 0. The van der Waals surface area contributed by atoms with Crippen molar-refractivity contribution in [2.24, 2.45) is 5.92 Å². The highest BCUT2D eigenvalue weighted by Crippen LogP contribution is 2.35. The third-order valence-corrected chi connectivity index (χ3v) is 8.72. The van der Waals surface area contributed by atoms with Gasteiger partial charge in [-0.15, -0.1) is 0 Å². The molecule has 0 spiro atoms. The third-order valence-electron chi connectivity index (χ3n) is 8.72. The molecule has 1 N–H and O–H groups in total. The van der Waals surface area contributed by atoms with Crippen molar-refractivity contribution in [2.45, 2.75) is 83.0 Å². The van der Waals surface area contributed by atoms with Crippen LogP contribution < -0.4 is 0 Å². The number of halogens is 1. The van der Waals surface area contributed by atoms with Gasteiger partial charge in [0.05, 0.1) is 0 Å². The average Bonchev–Trinajstić information content (AvgIpc) is 3.67. The van der Waals surface area contributed by atoms with Crippen LogP contribution in [-0.2, 0) is 16.1 Å². The van der Waals surface area contributed by atoms with Crippen LogP contribution in [0.5, 0.6) is 0 Å². The minimum atomic E-state index is -0.666. The molecule has 2 saturated heterocycles. The van der Waals surface area contributed by atoms with Crippen molar-refractivity contribution >= 4 is 12.1 Å². The van der Waals surface area contributed by atoms with Crippen LogP contribution in [-0.4, -0.2) is 82.7 Å². The number of aliphatic carboxylic acids is 1. The fourth-order valence-electron chi connectivity index (χ4n) is 6.64. The van der Waals surface area contributed by atoms with E-state index >= 15 is 0 Å². The summed E-state index contributed by atoms with van der Waals surface area (Å²) in [5, 5.41) is 9.52. The molecular weight excluding hydrogens is 521 g/mol. The van der Waals surface area contributed by atoms with Crippen LogP contribution in [0, 0.1) is 11.7 Å². The Labute approximate surface area is 244 Å². The van der Waals surface area contributed by atoms with Gasteiger partial charge in [0, 0.05) is 38.3 Å². The van der Waals surface area contributed by atoms with E-state index in [1.165, 1.54) is 18.6 Å². The standard InChI is InChI=1S/C27H40FN3O4.C6H6/c1-2-13-31(27(34)35-19-20-5-8-22(28)9-6-20)23-11-15-29(16-12-23)18-21-7-10-24(17-21)30-14-3-4-25(30)26(32)33;1-2-4-6-5-3-1/h5-6,8-9,21,23-25H,2-4,7,10-19H2,1H3,(H,32,33);1-6H/t21-,24?,25?;/m1./s1. The number of carboxylic acid groups (broad SMARTS) is 1. The van der Waals surface area contributed by atoms with E-state index in [0.717, 1.165) is 76.7 Å². The molecule has 0 bridgehead atoms. The van der Waals surface area contributed by atoms with Crippen LogP contribution in [0.1, 0.15) is 63.9 Å². The minimum absolute atomic E-state index is 0.154. The van der Waals surface area contributed by atoms with Gasteiger partial charge in [-0.05, 0) is 81.5 Å². The van der Waals surface area contributed by atoms with Gasteiger partial charge in [0.15, 0.2) is 0 Å². The Morgan fingerprint density at radius 2 is 1.61 bits per heavy atom. The predicted octanol–water partition coefficient (Wildman–Crippen LogP) is 6.04. The molecule has 3 fully saturated rings. The highest BCUT2D eigenvalue weighted by atomic mass is 19.1. The number of amides is 1. The molecule has 3 aliphatic rings. The maximum Gasteiger partial charge on any atom is 0.410 e. The highest BCUT2D eigenvalue weighted by molar-refractivity contribution is 5.73. The maximum absolute atomic E-state index is 13.1. The number of piperidine rings is 1. The lowest BCUT2D eigenvalue weighted by Crippen LogP contribution is -2.48. The van der Waals surface area contributed by atoms with Gasteiger partial charge in [-0.2, -0.15) is 0 Å². The number of rotatable bonds is 9. The van der Waals surface area contributed by atoms with Crippen molar-refractivity contribution in [3.8, 4) is 0 Å². The van der Waals surface area contributed by atoms with E-state index in [2.05, 4.69) is 16.7 Å². The molecule has 2 aromatic carbocycles. The number of carboxylic acids is 1.